The SMILES string of the molecule is CCOC(=O)C#CC(=O)OCC.[C-]#[O+].[C-]#[O+].[C-]#[O+].[C-]#[O+].[C-]#[O+].[C-]#[O+].[C-]#[O+].[C-]#[O+].[C-]#[O+].[CH]1[CH][CH][CH][CH]1.[Co].[Co].[Co].[Mo]. The standard InChI is InChI=1S/C8H10O4.C5H5.9CO.3Co.Mo/c1-3-11-7(9)5-6-8(10)12-4-2;1-2-4-5-3-1;9*1-2;;;;/h3-4H2,1-2H3;1-5H;;;;;;;;;;;;;. The molecule has 0 bridgehead atoms. The molecule has 0 N–H and O–H groups in total. The van der Waals surface area contributed by atoms with E-state index in [4.69, 9.17) is 41.9 Å². The first-order valence-corrected chi connectivity index (χ1v) is 7.06. The summed E-state index contributed by atoms with van der Waals surface area (Å²) in [7, 11) is 0. The van der Waals surface area contributed by atoms with Crippen LogP contribution >= 0.6 is 0 Å². The molecule has 1 aliphatic rings. The quantitative estimate of drug-likeness (QED) is 0.0992. The predicted molar refractivity (Wildman–Crippen MR) is 97.9 cm³/mol. The molecule has 0 aromatic heterocycles. The van der Waals surface area contributed by atoms with Crippen LogP contribution in [-0.4, -0.2) is 25.2 Å². The molecular formula is C22H15Co3MoO13. The maximum atomic E-state index is 10.5. The third kappa shape index (κ3) is 208. The van der Waals surface area contributed by atoms with Crippen LogP contribution in [0.2, 0.25) is 0 Å². The Bertz CT molecular complexity index is 536. The van der Waals surface area contributed by atoms with Gasteiger partial charge < -0.3 is 9.47 Å². The van der Waals surface area contributed by atoms with Gasteiger partial charge >= 0.3 is 114 Å². The van der Waals surface area contributed by atoms with E-state index in [0.717, 1.165) is 0 Å². The molecule has 17 heteroatoms. The second-order valence-corrected chi connectivity index (χ2v) is 2.65. The fourth-order valence-electron chi connectivity index (χ4n) is 0.757. The summed E-state index contributed by atoms with van der Waals surface area (Å²) in [4.78, 5) is 21.1. The molecule has 8 radical (unpaired) electrons. The Labute approximate surface area is 273 Å². The van der Waals surface area contributed by atoms with Gasteiger partial charge in [0, 0.05) is 83.2 Å². The first-order chi connectivity index (χ1) is 17.2. The molecule has 0 unspecified atom stereocenters. The predicted octanol–water partition coefficient (Wildman–Crippen LogP) is 0.790. The van der Waals surface area contributed by atoms with Crippen molar-refractivity contribution in [1.29, 1.82) is 0 Å². The second kappa shape index (κ2) is 193. The van der Waals surface area contributed by atoms with Gasteiger partial charge in [0.15, 0.2) is 0 Å². The van der Waals surface area contributed by atoms with Gasteiger partial charge in [0.05, 0.1) is 13.2 Å². The molecule has 1 aliphatic carbocycles. The zero-order valence-corrected chi connectivity index (χ0v) is 24.6. The second-order valence-electron chi connectivity index (χ2n) is 2.65. The van der Waals surface area contributed by atoms with Crippen LogP contribution in [0.4, 0.5) is 0 Å². The summed E-state index contributed by atoms with van der Waals surface area (Å²) >= 11 is 0. The number of rotatable bonds is 2. The Morgan fingerprint density at radius 1 is 0.487 bits per heavy atom. The molecule has 0 aromatic rings. The molecule has 13 nitrogen and oxygen atoms in total. The molecule has 0 spiro atoms. The van der Waals surface area contributed by atoms with Gasteiger partial charge in [0.2, 0.25) is 0 Å². The summed E-state index contributed by atoms with van der Waals surface area (Å²) in [5.41, 5.74) is 0. The number of ether oxygens (including phenoxy) is 2. The summed E-state index contributed by atoms with van der Waals surface area (Å²) in [6.07, 6.45) is 10.0. The van der Waals surface area contributed by atoms with Crippen molar-refractivity contribution in [2.45, 2.75) is 13.8 Å². The minimum absolute atomic E-state index is 0. The van der Waals surface area contributed by atoms with Crippen molar-refractivity contribution in [2.75, 3.05) is 13.2 Å². The minimum Gasteiger partial charge on any atom is -0.0312 e. The first kappa shape index (κ1) is 90.5. The number of esters is 2. The van der Waals surface area contributed by atoms with E-state index < -0.39 is 11.9 Å². The van der Waals surface area contributed by atoms with Crippen LogP contribution in [0.15, 0.2) is 0 Å². The van der Waals surface area contributed by atoms with Crippen molar-refractivity contribution in [3.63, 3.8) is 0 Å². The van der Waals surface area contributed by atoms with Crippen LogP contribution in [0.1, 0.15) is 13.8 Å². The molecule has 0 atom stereocenters. The number of hydrogen-bond acceptors (Lipinski definition) is 4. The zero-order valence-electron chi connectivity index (χ0n) is 19.5. The Morgan fingerprint density at radius 3 is 0.718 bits per heavy atom. The fourth-order valence-corrected chi connectivity index (χ4v) is 0.757. The van der Waals surface area contributed by atoms with Crippen LogP contribution in [0.5, 0.6) is 0 Å². The molecule has 0 amide bonds. The molecular weight excluding hydrogens is 745 g/mol. The number of carbonyl (C=O) groups is 2. The summed E-state index contributed by atoms with van der Waals surface area (Å²) in [6.45, 7) is 44.3. The van der Waals surface area contributed by atoms with Crippen molar-refractivity contribution < 1.29 is 132 Å². The van der Waals surface area contributed by atoms with Gasteiger partial charge in [0.1, 0.15) is 0 Å². The average molecular weight is 760 g/mol. The molecule has 0 saturated heterocycles. The van der Waals surface area contributed by atoms with Gasteiger partial charge in [-0.2, -0.15) is 0 Å². The molecule has 1 fully saturated rings. The molecule has 0 heterocycles. The number of carbonyl (C=O) groups excluding carboxylic acids is 2. The van der Waals surface area contributed by atoms with E-state index in [9.17, 15) is 9.59 Å². The molecule has 1 saturated carbocycles. The van der Waals surface area contributed by atoms with Gasteiger partial charge in [-0.15, -0.1) is 0 Å². The minimum atomic E-state index is -0.717. The summed E-state index contributed by atoms with van der Waals surface area (Å²) < 4.78 is 76.4. The van der Waals surface area contributed by atoms with Crippen LogP contribution in [0.25, 0.3) is 0 Å². The molecule has 0 aromatic carbocycles. The van der Waals surface area contributed by atoms with Crippen molar-refractivity contribution in [3.8, 4) is 11.8 Å². The van der Waals surface area contributed by atoms with Gasteiger partial charge in [-0.25, -0.2) is 9.59 Å². The normalized spacial score (nSPS) is 5.95. The van der Waals surface area contributed by atoms with E-state index in [1.54, 1.807) is 13.8 Å². The summed E-state index contributed by atoms with van der Waals surface area (Å²) in [5.74, 6) is 2.53. The Kier molecular flexibility index (Phi) is 447. The molecule has 39 heavy (non-hydrogen) atoms. The van der Waals surface area contributed by atoms with Gasteiger partial charge in [-0.3, -0.25) is 0 Å². The van der Waals surface area contributed by atoms with E-state index in [-0.39, 0.29) is 84.6 Å². The maximum Gasteiger partial charge on any atom is 0 e. The molecule has 214 valence electrons. The van der Waals surface area contributed by atoms with Crippen LogP contribution < -0.4 is 0 Å². The van der Waals surface area contributed by atoms with Crippen molar-refractivity contribution in [2.24, 2.45) is 0 Å². The Hall–Kier alpha value is -1.63. The molecule has 1 rings (SSSR count). The van der Waals surface area contributed by atoms with Crippen molar-refractivity contribution in [3.05, 3.63) is 92.0 Å². The van der Waals surface area contributed by atoms with Crippen LogP contribution in [0, 0.1) is 104 Å². The average Bonchev–Trinajstić information content (AvgIpc) is 3.58. The van der Waals surface area contributed by atoms with Crippen molar-refractivity contribution >= 4 is 11.9 Å². The van der Waals surface area contributed by atoms with E-state index in [2.05, 4.69) is 69.3 Å². The number of hydrogen-bond donors (Lipinski definition) is 0. The Balaban J connectivity index is -0.0000000166. The van der Waals surface area contributed by atoms with E-state index in [1.165, 1.54) is 0 Å². The Morgan fingerprint density at radius 2 is 0.615 bits per heavy atom. The van der Waals surface area contributed by atoms with Crippen LogP contribution in [0.3, 0.4) is 0 Å². The van der Waals surface area contributed by atoms with Crippen molar-refractivity contribution in [1.82, 2.24) is 0 Å². The largest absolute Gasteiger partial charge is 0.0312 e. The van der Waals surface area contributed by atoms with Gasteiger partial charge in [-0.1, -0.05) is 0 Å². The van der Waals surface area contributed by atoms with Gasteiger partial charge in [0.25, 0.3) is 0 Å². The third-order valence-electron chi connectivity index (χ3n) is 1.37. The molecule has 0 aliphatic heterocycles. The fraction of sp³-hybridized carbons (Fsp3) is 0.182. The summed E-state index contributed by atoms with van der Waals surface area (Å²) in [5, 5.41) is 0. The maximum absolute atomic E-state index is 10.5. The van der Waals surface area contributed by atoms with E-state index in [0.29, 0.717) is 0 Å². The smallest absolute Gasteiger partial charge is 0 e. The summed E-state index contributed by atoms with van der Waals surface area (Å²) in [6, 6.07) is 0. The third-order valence-corrected chi connectivity index (χ3v) is 1.37. The zero-order chi connectivity index (χ0) is 30.9. The monoisotopic (exact) mass is 762 g/mol. The van der Waals surface area contributed by atoms with Crippen LogP contribution in [-0.2, 0) is 132 Å². The van der Waals surface area contributed by atoms with Gasteiger partial charge in [-0.05, 0) is 46.0 Å². The van der Waals surface area contributed by atoms with E-state index >= 15 is 0 Å². The first-order valence-electron chi connectivity index (χ1n) is 7.06. The van der Waals surface area contributed by atoms with E-state index in [1.807, 2.05) is 43.9 Å². The topological polar surface area (TPSA) is 232 Å².